The van der Waals surface area contributed by atoms with Gasteiger partial charge in [0.25, 0.3) is 0 Å². The van der Waals surface area contributed by atoms with Crippen LogP contribution in [0, 0.1) is 5.41 Å². The summed E-state index contributed by atoms with van der Waals surface area (Å²) in [5.74, 6) is -0.404. The Morgan fingerprint density at radius 1 is 0.717 bits per heavy atom. The first kappa shape index (κ1) is 36.5. The molecule has 0 unspecified atom stereocenters. The number of carbonyl (C=O) groups excluding carboxylic acids is 2. The Hall–Kier alpha value is -4.00. The van der Waals surface area contributed by atoms with Crippen molar-refractivity contribution in [2.75, 3.05) is 13.2 Å². The van der Waals surface area contributed by atoms with Crippen LogP contribution < -0.4 is 9.47 Å². The van der Waals surface area contributed by atoms with Crippen LogP contribution >= 0.6 is 0 Å². The third-order valence-electron chi connectivity index (χ3n) is 8.37. The Bertz CT molecular complexity index is 1530. The molecular formula is C40H50O6. The smallest absolute Gasteiger partial charge is 0.338 e. The fraction of sp³-hybridized carbons (Fsp3) is 0.400. The van der Waals surface area contributed by atoms with Crippen LogP contribution in [0.3, 0.4) is 0 Å². The summed E-state index contributed by atoms with van der Waals surface area (Å²) in [4.78, 5) is 25.7. The van der Waals surface area contributed by atoms with Gasteiger partial charge in [-0.25, -0.2) is 9.59 Å². The number of ether oxygens (including phenoxy) is 2. The van der Waals surface area contributed by atoms with Crippen molar-refractivity contribution in [1.29, 1.82) is 0 Å². The summed E-state index contributed by atoms with van der Waals surface area (Å²) in [5, 5.41) is 19.3. The Morgan fingerprint density at radius 3 is 1.80 bits per heavy atom. The highest BCUT2D eigenvalue weighted by Crippen LogP contribution is 2.43. The standard InChI is InChI=1S/C40H50O6/c1-8-10-11-13-29-15-18-32(19-16-29)34-23-37(46-39(44)28(5)6)35(24-36(34)45-38(43)27(3)4)33-20-17-30(22-31(33)9-2)14-12-21-40(7,25-41)26-42/h15-20,22-24,41-42H,3,5,8-14,21,25-26H2,1-2,4,6-7H3. The third-order valence-corrected chi connectivity index (χ3v) is 8.37. The zero-order valence-corrected chi connectivity index (χ0v) is 28.2. The summed E-state index contributed by atoms with van der Waals surface area (Å²) in [7, 11) is 0. The van der Waals surface area contributed by atoms with Crippen LogP contribution in [0.1, 0.15) is 83.4 Å². The van der Waals surface area contributed by atoms with Crippen molar-refractivity contribution in [3.05, 3.63) is 95.6 Å². The maximum Gasteiger partial charge on any atom is 0.338 e. The molecule has 0 saturated heterocycles. The average molecular weight is 627 g/mol. The maximum absolute atomic E-state index is 12.9. The summed E-state index contributed by atoms with van der Waals surface area (Å²) >= 11 is 0. The monoisotopic (exact) mass is 626 g/mol. The molecule has 0 fully saturated rings. The second-order valence-corrected chi connectivity index (χ2v) is 12.7. The van der Waals surface area contributed by atoms with E-state index >= 15 is 0 Å². The van der Waals surface area contributed by atoms with Crippen LogP contribution in [0.15, 0.2) is 78.9 Å². The lowest BCUT2D eigenvalue weighted by molar-refractivity contribution is -0.131. The van der Waals surface area contributed by atoms with Gasteiger partial charge in [-0.05, 0) is 92.3 Å². The van der Waals surface area contributed by atoms with Gasteiger partial charge in [0.15, 0.2) is 0 Å². The van der Waals surface area contributed by atoms with Gasteiger partial charge in [0.1, 0.15) is 11.5 Å². The van der Waals surface area contributed by atoms with E-state index in [1.807, 2.05) is 31.2 Å². The number of hydrogen-bond acceptors (Lipinski definition) is 6. The lowest BCUT2D eigenvalue weighted by Crippen LogP contribution is -2.25. The predicted octanol–water partition coefficient (Wildman–Crippen LogP) is 8.59. The molecule has 0 atom stereocenters. The Balaban J connectivity index is 2.13. The minimum absolute atomic E-state index is 0.0638. The van der Waals surface area contributed by atoms with Gasteiger partial charge in [-0.1, -0.05) is 89.2 Å². The van der Waals surface area contributed by atoms with Crippen molar-refractivity contribution >= 4 is 11.9 Å². The van der Waals surface area contributed by atoms with E-state index in [2.05, 4.69) is 45.2 Å². The normalized spacial score (nSPS) is 11.3. The van der Waals surface area contributed by atoms with E-state index in [0.29, 0.717) is 35.5 Å². The van der Waals surface area contributed by atoms with E-state index in [4.69, 9.17) is 9.47 Å². The largest absolute Gasteiger partial charge is 0.423 e. The molecule has 0 bridgehead atoms. The summed E-state index contributed by atoms with van der Waals surface area (Å²) in [6.07, 6.45) is 7.46. The number of hydrogen-bond donors (Lipinski definition) is 2. The van der Waals surface area contributed by atoms with E-state index in [9.17, 15) is 19.8 Å². The number of esters is 2. The molecule has 2 N–H and O–H groups in total. The van der Waals surface area contributed by atoms with Gasteiger partial charge in [0, 0.05) is 27.7 Å². The molecule has 3 aromatic rings. The van der Waals surface area contributed by atoms with Crippen molar-refractivity contribution in [2.45, 2.75) is 86.0 Å². The SMILES string of the molecule is C=C(C)C(=O)Oc1cc(-c2ccc(CCCC(C)(CO)CO)cc2CC)c(OC(=O)C(=C)C)cc1-c1ccc(CCCCC)cc1. The van der Waals surface area contributed by atoms with Crippen molar-refractivity contribution in [1.82, 2.24) is 0 Å². The van der Waals surface area contributed by atoms with Crippen LogP contribution in [-0.2, 0) is 28.9 Å². The zero-order valence-electron chi connectivity index (χ0n) is 28.2. The first-order valence-electron chi connectivity index (χ1n) is 16.3. The lowest BCUT2D eigenvalue weighted by Gasteiger charge is -2.24. The molecule has 0 aliphatic heterocycles. The Kier molecular flexibility index (Phi) is 13.5. The molecule has 0 spiro atoms. The van der Waals surface area contributed by atoms with Gasteiger partial charge in [-0.3, -0.25) is 0 Å². The molecule has 3 aromatic carbocycles. The van der Waals surface area contributed by atoms with Crippen LogP contribution in [0.4, 0.5) is 0 Å². The minimum Gasteiger partial charge on any atom is -0.423 e. The Labute approximate surface area is 274 Å². The van der Waals surface area contributed by atoms with Crippen molar-refractivity contribution in [3.63, 3.8) is 0 Å². The molecule has 0 aliphatic carbocycles. The molecule has 0 saturated carbocycles. The molecule has 0 heterocycles. The molecule has 46 heavy (non-hydrogen) atoms. The number of benzene rings is 3. The molecule has 6 heteroatoms. The number of carbonyl (C=O) groups is 2. The quantitative estimate of drug-likeness (QED) is 0.0675. The second-order valence-electron chi connectivity index (χ2n) is 12.7. The van der Waals surface area contributed by atoms with Gasteiger partial charge in [0.05, 0.1) is 13.2 Å². The van der Waals surface area contributed by atoms with Gasteiger partial charge in [-0.15, -0.1) is 0 Å². The van der Waals surface area contributed by atoms with Crippen LogP contribution in [-0.4, -0.2) is 35.4 Å². The van der Waals surface area contributed by atoms with Crippen molar-refractivity contribution in [2.24, 2.45) is 5.41 Å². The molecule has 0 amide bonds. The van der Waals surface area contributed by atoms with E-state index in [1.54, 1.807) is 26.0 Å². The predicted molar refractivity (Wildman–Crippen MR) is 186 cm³/mol. The summed E-state index contributed by atoms with van der Waals surface area (Å²) in [5.41, 5.74) is 6.35. The molecule has 0 radical (unpaired) electrons. The third kappa shape index (κ3) is 9.75. The zero-order chi connectivity index (χ0) is 33.9. The fourth-order valence-corrected chi connectivity index (χ4v) is 5.25. The molecule has 246 valence electrons. The molecular weight excluding hydrogens is 576 g/mol. The highest BCUT2D eigenvalue weighted by Gasteiger charge is 2.23. The second kappa shape index (κ2) is 17.1. The highest BCUT2D eigenvalue weighted by molar-refractivity contribution is 5.94. The number of rotatable bonds is 17. The number of unbranched alkanes of at least 4 members (excludes halogenated alkanes) is 2. The molecule has 3 rings (SSSR count). The Morgan fingerprint density at radius 2 is 1.26 bits per heavy atom. The van der Waals surface area contributed by atoms with Gasteiger partial charge in [0.2, 0.25) is 0 Å². The van der Waals surface area contributed by atoms with E-state index in [1.165, 1.54) is 12.0 Å². The first-order valence-corrected chi connectivity index (χ1v) is 16.3. The fourth-order valence-electron chi connectivity index (χ4n) is 5.25. The average Bonchev–Trinajstić information content (AvgIpc) is 3.05. The minimum atomic E-state index is -0.546. The van der Waals surface area contributed by atoms with E-state index in [-0.39, 0.29) is 24.4 Å². The molecule has 0 aromatic heterocycles. The maximum atomic E-state index is 12.9. The van der Waals surface area contributed by atoms with E-state index < -0.39 is 17.4 Å². The summed E-state index contributed by atoms with van der Waals surface area (Å²) in [6.45, 7) is 16.7. The lowest BCUT2D eigenvalue weighted by atomic mass is 9.85. The highest BCUT2D eigenvalue weighted by atomic mass is 16.5. The summed E-state index contributed by atoms with van der Waals surface area (Å²) < 4.78 is 11.8. The number of aliphatic hydroxyl groups excluding tert-OH is 2. The van der Waals surface area contributed by atoms with Gasteiger partial charge in [-0.2, -0.15) is 0 Å². The first-order chi connectivity index (χ1) is 21.9. The van der Waals surface area contributed by atoms with Crippen LogP contribution in [0.2, 0.25) is 0 Å². The molecule has 0 aliphatic rings. The number of aliphatic hydroxyl groups is 2. The van der Waals surface area contributed by atoms with Crippen molar-refractivity contribution in [3.8, 4) is 33.8 Å². The topological polar surface area (TPSA) is 93.1 Å². The molecule has 6 nitrogen and oxygen atoms in total. The summed E-state index contributed by atoms with van der Waals surface area (Å²) in [6, 6.07) is 17.9. The number of aryl methyl sites for hydroxylation is 3. The van der Waals surface area contributed by atoms with Gasteiger partial charge >= 0.3 is 11.9 Å². The van der Waals surface area contributed by atoms with E-state index in [0.717, 1.165) is 54.4 Å². The van der Waals surface area contributed by atoms with Crippen molar-refractivity contribution < 1.29 is 29.3 Å². The van der Waals surface area contributed by atoms with Gasteiger partial charge < -0.3 is 19.7 Å². The van der Waals surface area contributed by atoms with Crippen LogP contribution in [0.5, 0.6) is 11.5 Å². The van der Waals surface area contributed by atoms with Crippen LogP contribution in [0.25, 0.3) is 22.3 Å².